The molecule has 0 saturated carbocycles. The molecule has 1 unspecified atom stereocenters. The van der Waals surface area contributed by atoms with Crippen molar-refractivity contribution in [2.24, 2.45) is 0 Å². The molecule has 1 aromatic rings. The summed E-state index contributed by atoms with van der Waals surface area (Å²) in [4.78, 5) is 0. The van der Waals surface area contributed by atoms with E-state index in [2.05, 4.69) is 0 Å². The molecule has 0 saturated heterocycles. The SMILES string of the molecule is OC(CCCC(F)(F)F)c1cc(F)ccc1F. The molecule has 0 heterocycles. The van der Waals surface area contributed by atoms with Crippen LogP contribution in [0.25, 0.3) is 0 Å². The number of rotatable bonds is 4. The first kappa shape index (κ1) is 13.9. The van der Waals surface area contributed by atoms with E-state index in [4.69, 9.17) is 0 Å². The molecule has 1 nitrogen and oxygen atoms in total. The lowest BCUT2D eigenvalue weighted by molar-refractivity contribution is -0.136. The van der Waals surface area contributed by atoms with Gasteiger partial charge in [0.25, 0.3) is 0 Å². The first-order valence-electron chi connectivity index (χ1n) is 4.99. The Hall–Kier alpha value is -1.17. The quantitative estimate of drug-likeness (QED) is 0.812. The Morgan fingerprint density at radius 2 is 1.82 bits per heavy atom. The summed E-state index contributed by atoms with van der Waals surface area (Å²) >= 11 is 0. The summed E-state index contributed by atoms with van der Waals surface area (Å²) in [5, 5.41) is 9.45. The van der Waals surface area contributed by atoms with Gasteiger partial charge in [0, 0.05) is 12.0 Å². The lowest BCUT2D eigenvalue weighted by atomic mass is 10.0. The molecule has 0 spiro atoms. The molecule has 0 aromatic heterocycles. The van der Waals surface area contributed by atoms with Crippen LogP contribution < -0.4 is 0 Å². The van der Waals surface area contributed by atoms with E-state index >= 15 is 0 Å². The first-order chi connectivity index (χ1) is 7.79. The minimum atomic E-state index is -4.31. The number of alkyl halides is 3. The van der Waals surface area contributed by atoms with Crippen molar-refractivity contribution >= 4 is 0 Å². The predicted octanol–water partition coefficient (Wildman–Crippen LogP) is 3.73. The molecule has 1 N–H and O–H groups in total. The molecule has 0 amide bonds. The number of aliphatic hydroxyl groups is 1. The zero-order valence-corrected chi connectivity index (χ0v) is 8.77. The molecule has 1 atom stereocenters. The molecule has 1 aromatic carbocycles. The molecule has 0 aliphatic carbocycles. The van der Waals surface area contributed by atoms with Gasteiger partial charge in [-0.2, -0.15) is 13.2 Å². The van der Waals surface area contributed by atoms with Gasteiger partial charge in [0.05, 0.1) is 6.10 Å². The van der Waals surface area contributed by atoms with Crippen LogP contribution in [0, 0.1) is 11.6 Å². The van der Waals surface area contributed by atoms with Gasteiger partial charge >= 0.3 is 6.18 Å². The number of halogens is 5. The van der Waals surface area contributed by atoms with Gasteiger partial charge in [-0.25, -0.2) is 8.78 Å². The molecule has 17 heavy (non-hydrogen) atoms. The highest BCUT2D eigenvalue weighted by molar-refractivity contribution is 5.20. The lowest BCUT2D eigenvalue weighted by Crippen LogP contribution is -2.08. The first-order valence-corrected chi connectivity index (χ1v) is 4.99. The number of aliphatic hydroxyl groups excluding tert-OH is 1. The Balaban J connectivity index is 2.58. The van der Waals surface area contributed by atoms with E-state index in [1.54, 1.807) is 0 Å². The molecule has 0 aliphatic rings. The summed E-state index contributed by atoms with van der Waals surface area (Å²) < 4.78 is 61.4. The van der Waals surface area contributed by atoms with E-state index in [1.165, 1.54) is 0 Å². The average Bonchev–Trinajstić information content (AvgIpc) is 2.19. The van der Waals surface area contributed by atoms with Crippen molar-refractivity contribution in [3.63, 3.8) is 0 Å². The van der Waals surface area contributed by atoms with Gasteiger partial charge in [0.15, 0.2) is 0 Å². The summed E-state index contributed by atoms with van der Waals surface area (Å²) in [5.74, 6) is -1.57. The van der Waals surface area contributed by atoms with Crippen LogP contribution in [0.4, 0.5) is 22.0 Å². The molecule has 96 valence electrons. The Labute approximate surface area is 94.9 Å². The highest BCUT2D eigenvalue weighted by Crippen LogP contribution is 2.27. The van der Waals surface area contributed by atoms with Crippen molar-refractivity contribution in [2.45, 2.75) is 31.5 Å². The number of hydrogen-bond donors (Lipinski definition) is 1. The van der Waals surface area contributed by atoms with E-state index in [0.29, 0.717) is 0 Å². The van der Waals surface area contributed by atoms with E-state index in [-0.39, 0.29) is 18.4 Å². The van der Waals surface area contributed by atoms with Crippen LogP contribution in [0.1, 0.15) is 30.9 Å². The average molecular weight is 254 g/mol. The number of hydrogen-bond acceptors (Lipinski definition) is 1. The van der Waals surface area contributed by atoms with Crippen LogP contribution in [0.3, 0.4) is 0 Å². The highest BCUT2D eigenvalue weighted by Gasteiger charge is 2.27. The smallest absolute Gasteiger partial charge is 0.388 e. The van der Waals surface area contributed by atoms with Crippen molar-refractivity contribution in [3.8, 4) is 0 Å². The van der Waals surface area contributed by atoms with Gasteiger partial charge in [-0.15, -0.1) is 0 Å². The molecular weight excluding hydrogens is 243 g/mol. The second-order valence-electron chi connectivity index (χ2n) is 3.69. The molecule has 0 radical (unpaired) electrons. The van der Waals surface area contributed by atoms with Crippen LogP contribution in [-0.2, 0) is 0 Å². The summed E-state index contributed by atoms with van der Waals surface area (Å²) in [7, 11) is 0. The van der Waals surface area contributed by atoms with Crippen molar-refractivity contribution in [1.29, 1.82) is 0 Å². The fraction of sp³-hybridized carbons (Fsp3) is 0.455. The van der Waals surface area contributed by atoms with Gasteiger partial charge in [0.2, 0.25) is 0 Å². The molecule has 1 rings (SSSR count). The van der Waals surface area contributed by atoms with Gasteiger partial charge in [-0.3, -0.25) is 0 Å². The maximum absolute atomic E-state index is 13.1. The minimum absolute atomic E-state index is 0.264. The zero-order valence-electron chi connectivity index (χ0n) is 8.77. The Bertz CT molecular complexity index is 375. The Morgan fingerprint density at radius 1 is 1.18 bits per heavy atom. The minimum Gasteiger partial charge on any atom is -0.388 e. The van der Waals surface area contributed by atoms with Gasteiger partial charge < -0.3 is 5.11 Å². The molecule has 0 bridgehead atoms. The van der Waals surface area contributed by atoms with Crippen molar-refractivity contribution < 1.29 is 27.1 Å². The Morgan fingerprint density at radius 3 is 2.41 bits per heavy atom. The standard InChI is InChI=1S/C11H11F5O/c12-7-3-4-9(13)8(6-7)10(17)2-1-5-11(14,15)16/h3-4,6,10,17H,1-2,5H2. The van der Waals surface area contributed by atoms with E-state index in [9.17, 15) is 27.1 Å². The fourth-order valence-electron chi connectivity index (χ4n) is 1.42. The molecule has 0 aliphatic heterocycles. The van der Waals surface area contributed by atoms with Gasteiger partial charge in [0.1, 0.15) is 11.6 Å². The lowest BCUT2D eigenvalue weighted by Gasteiger charge is -2.12. The van der Waals surface area contributed by atoms with Gasteiger partial charge in [-0.05, 0) is 31.0 Å². The van der Waals surface area contributed by atoms with Crippen LogP contribution in [0.2, 0.25) is 0 Å². The largest absolute Gasteiger partial charge is 0.389 e. The predicted molar refractivity (Wildman–Crippen MR) is 51.2 cm³/mol. The van der Waals surface area contributed by atoms with Crippen LogP contribution in [0.15, 0.2) is 18.2 Å². The number of benzene rings is 1. The van der Waals surface area contributed by atoms with Gasteiger partial charge in [-0.1, -0.05) is 0 Å². The summed E-state index contributed by atoms with van der Waals surface area (Å²) in [5.41, 5.74) is -0.313. The summed E-state index contributed by atoms with van der Waals surface area (Å²) in [6.45, 7) is 0. The second-order valence-corrected chi connectivity index (χ2v) is 3.69. The second kappa shape index (κ2) is 5.44. The monoisotopic (exact) mass is 254 g/mol. The normalized spacial score (nSPS) is 13.8. The third kappa shape index (κ3) is 4.68. The topological polar surface area (TPSA) is 20.2 Å². The van der Waals surface area contributed by atoms with Crippen LogP contribution in [0.5, 0.6) is 0 Å². The third-order valence-corrected chi connectivity index (χ3v) is 2.25. The molecule has 6 heteroatoms. The Kier molecular flexibility index (Phi) is 4.45. The maximum atomic E-state index is 13.1. The van der Waals surface area contributed by atoms with Crippen molar-refractivity contribution in [1.82, 2.24) is 0 Å². The maximum Gasteiger partial charge on any atom is 0.389 e. The van der Waals surface area contributed by atoms with E-state index in [1.807, 2.05) is 0 Å². The molecular formula is C11H11F5O. The van der Waals surface area contributed by atoms with Crippen LogP contribution >= 0.6 is 0 Å². The fourth-order valence-corrected chi connectivity index (χ4v) is 1.42. The van der Waals surface area contributed by atoms with E-state index in [0.717, 1.165) is 18.2 Å². The summed E-state index contributed by atoms with van der Waals surface area (Å²) in [6, 6.07) is 2.49. The summed E-state index contributed by atoms with van der Waals surface area (Å²) in [6.07, 6.45) is -7.38. The highest BCUT2D eigenvalue weighted by atomic mass is 19.4. The van der Waals surface area contributed by atoms with Crippen molar-refractivity contribution in [3.05, 3.63) is 35.4 Å². The van der Waals surface area contributed by atoms with E-state index < -0.39 is 30.3 Å². The molecule has 0 fully saturated rings. The van der Waals surface area contributed by atoms with Crippen LogP contribution in [-0.4, -0.2) is 11.3 Å². The third-order valence-electron chi connectivity index (χ3n) is 2.25. The zero-order chi connectivity index (χ0) is 13.1. The van der Waals surface area contributed by atoms with Crippen molar-refractivity contribution in [2.75, 3.05) is 0 Å².